The zero-order valence-corrected chi connectivity index (χ0v) is 22.3. The molecular weight excluding hydrogens is 504 g/mol. The lowest BCUT2D eigenvalue weighted by molar-refractivity contribution is -0.269. The summed E-state index contributed by atoms with van der Waals surface area (Å²) in [6.07, 6.45) is -3.17. The molecule has 0 heterocycles. The summed E-state index contributed by atoms with van der Waals surface area (Å²) in [6, 6.07) is 35.0. The van der Waals surface area contributed by atoms with E-state index in [-0.39, 0.29) is 25.7 Å². The first-order valence-corrected chi connectivity index (χ1v) is 13.4. The van der Waals surface area contributed by atoms with E-state index in [0.29, 0.717) is 22.3 Å². The van der Waals surface area contributed by atoms with Crippen molar-refractivity contribution in [3.05, 3.63) is 144 Å². The van der Waals surface area contributed by atoms with Crippen LogP contribution in [-0.4, -0.2) is 60.8 Å². The molecule has 0 aliphatic heterocycles. The van der Waals surface area contributed by atoms with Crippen molar-refractivity contribution >= 4 is 5.78 Å². The van der Waals surface area contributed by atoms with E-state index in [4.69, 9.17) is 0 Å². The molecule has 4 atom stereocenters. The van der Waals surface area contributed by atoms with Crippen molar-refractivity contribution in [3.63, 3.8) is 0 Å². The van der Waals surface area contributed by atoms with E-state index in [1.54, 1.807) is 115 Å². The van der Waals surface area contributed by atoms with Gasteiger partial charge in [-0.05, 0) is 22.3 Å². The Hall–Kier alpha value is -3.65. The average Bonchev–Trinajstić information content (AvgIpc) is 2.98. The largest absolute Gasteiger partial charge is 0.394 e. The average molecular weight is 541 g/mol. The van der Waals surface area contributed by atoms with Crippen LogP contribution in [0, 0.1) is 0 Å². The number of benzene rings is 4. The number of ketones is 1. The Morgan fingerprint density at radius 2 is 0.950 bits per heavy atom. The minimum atomic E-state index is -2.65. The van der Waals surface area contributed by atoms with Gasteiger partial charge in [-0.15, -0.1) is 0 Å². The Kier molecular flexibility index (Phi) is 9.30. The number of rotatable bonds is 13. The van der Waals surface area contributed by atoms with Crippen molar-refractivity contribution in [2.24, 2.45) is 0 Å². The standard InChI is InChI=1S/C34H36O6/c35-25-31(37)33(39,23-28-17-9-3-10-18-28)34(40,24-29-19-11-4-12-20-29)32(38,22-27-15-7-2-8-16-27)30(36)21-26-13-5-1-6-14-26/h1-20,31,35,37-40H,21-25H2/t31-,32-,33-,34-/m0/s1. The molecule has 0 radical (unpaired) electrons. The van der Waals surface area contributed by atoms with Crippen molar-refractivity contribution in [1.82, 2.24) is 0 Å². The fourth-order valence-corrected chi connectivity index (χ4v) is 5.44. The number of carbonyl (C=O) groups excluding carboxylic acids is 1. The SMILES string of the molecule is O=C(Cc1ccccc1)[C@@](O)(Cc1ccccc1)[C@@](O)(Cc1ccccc1)[C@](O)(Cc1ccccc1)[C@@H](O)CO. The van der Waals surface area contributed by atoms with Crippen LogP contribution < -0.4 is 0 Å². The highest BCUT2D eigenvalue weighted by molar-refractivity contribution is 5.91. The lowest BCUT2D eigenvalue weighted by atomic mass is 9.60. The van der Waals surface area contributed by atoms with Crippen LogP contribution in [0.15, 0.2) is 121 Å². The number of carbonyl (C=O) groups is 1. The van der Waals surface area contributed by atoms with Gasteiger partial charge in [0.15, 0.2) is 11.4 Å². The Balaban J connectivity index is 1.94. The van der Waals surface area contributed by atoms with Gasteiger partial charge in [0.25, 0.3) is 0 Å². The maximum atomic E-state index is 14.2. The van der Waals surface area contributed by atoms with Gasteiger partial charge in [0.1, 0.15) is 17.3 Å². The third kappa shape index (κ3) is 6.07. The van der Waals surface area contributed by atoms with Gasteiger partial charge in [-0.3, -0.25) is 4.79 Å². The van der Waals surface area contributed by atoms with Crippen LogP contribution in [0.2, 0.25) is 0 Å². The maximum absolute atomic E-state index is 14.2. The molecule has 40 heavy (non-hydrogen) atoms. The van der Waals surface area contributed by atoms with E-state index in [9.17, 15) is 30.3 Å². The summed E-state index contributed by atoms with van der Waals surface area (Å²) in [4.78, 5) is 14.2. The molecule has 208 valence electrons. The molecule has 0 spiro atoms. The molecule has 4 aromatic rings. The van der Waals surface area contributed by atoms with Gasteiger partial charge in [-0.2, -0.15) is 0 Å². The summed E-state index contributed by atoms with van der Waals surface area (Å²) in [5.41, 5.74) is -5.54. The Morgan fingerprint density at radius 1 is 0.575 bits per heavy atom. The van der Waals surface area contributed by atoms with Crippen molar-refractivity contribution < 1.29 is 30.3 Å². The molecule has 0 amide bonds. The van der Waals surface area contributed by atoms with Crippen molar-refractivity contribution in [2.75, 3.05) is 6.61 Å². The van der Waals surface area contributed by atoms with Crippen LogP contribution in [0.4, 0.5) is 0 Å². The Morgan fingerprint density at radius 3 is 1.38 bits per heavy atom. The van der Waals surface area contributed by atoms with E-state index in [2.05, 4.69) is 0 Å². The third-order valence-electron chi connectivity index (χ3n) is 7.72. The zero-order chi connectivity index (χ0) is 28.6. The summed E-state index contributed by atoms with van der Waals surface area (Å²) in [7, 11) is 0. The molecule has 0 aliphatic rings. The highest BCUT2D eigenvalue weighted by Crippen LogP contribution is 2.43. The number of hydrogen-bond acceptors (Lipinski definition) is 6. The van der Waals surface area contributed by atoms with E-state index >= 15 is 0 Å². The number of aliphatic hydroxyl groups excluding tert-OH is 2. The first-order valence-electron chi connectivity index (χ1n) is 13.4. The van der Waals surface area contributed by atoms with Crippen LogP contribution in [0.1, 0.15) is 22.3 Å². The summed E-state index contributed by atoms with van der Waals surface area (Å²) < 4.78 is 0. The topological polar surface area (TPSA) is 118 Å². The summed E-state index contributed by atoms with van der Waals surface area (Å²) in [5, 5.41) is 59.0. The smallest absolute Gasteiger partial charge is 0.172 e. The molecule has 0 saturated heterocycles. The second-order valence-corrected chi connectivity index (χ2v) is 10.4. The third-order valence-corrected chi connectivity index (χ3v) is 7.72. The number of aliphatic hydroxyl groups is 5. The second-order valence-electron chi connectivity index (χ2n) is 10.4. The van der Waals surface area contributed by atoms with Crippen LogP contribution >= 0.6 is 0 Å². The summed E-state index contributed by atoms with van der Waals surface area (Å²) in [6.45, 7) is -0.908. The molecule has 0 bridgehead atoms. The Bertz CT molecular complexity index is 1350. The highest BCUT2D eigenvalue weighted by Gasteiger charge is 2.66. The van der Waals surface area contributed by atoms with Gasteiger partial charge in [-0.1, -0.05) is 121 Å². The van der Waals surface area contributed by atoms with E-state index in [0.717, 1.165) is 0 Å². The minimum Gasteiger partial charge on any atom is -0.394 e. The van der Waals surface area contributed by atoms with Crippen molar-refractivity contribution in [1.29, 1.82) is 0 Å². The predicted octanol–water partition coefficient (Wildman–Crippen LogP) is 3.07. The van der Waals surface area contributed by atoms with Gasteiger partial charge >= 0.3 is 0 Å². The summed E-state index contributed by atoms with van der Waals surface area (Å²) in [5.74, 6) is -0.724. The van der Waals surface area contributed by atoms with Gasteiger partial charge in [0.05, 0.1) is 6.61 Å². The first kappa shape index (κ1) is 29.3. The fourth-order valence-electron chi connectivity index (χ4n) is 5.44. The van der Waals surface area contributed by atoms with Crippen LogP contribution in [-0.2, 0) is 30.5 Å². The Labute approximate surface area is 234 Å². The monoisotopic (exact) mass is 540 g/mol. The quantitative estimate of drug-likeness (QED) is 0.178. The van der Waals surface area contributed by atoms with Crippen molar-refractivity contribution in [2.45, 2.75) is 48.6 Å². The molecule has 0 aromatic heterocycles. The molecule has 6 nitrogen and oxygen atoms in total. The molecule has 4 aromatic carbocycles. The van der Waals surface area contributed by atoms with Gasteiger partial charge in [-0.25, -0.2) is 0 Å². The normalized spacial score (nSPS) is 16.7. The molecule has 0 fully saturated rings. The lowest BCUT2D eigenvalue weighted by Crippen LogP contribution is -2.77. The molecule has 5 N–H and O–H groups in total. The van der Waals surface area contributed by atoms with Gasteiger partial charge in [0, 0.05) is 25.7 Å². The molecule has 0 saturated carbocycles. The highest BCUT2D eigenvalue weighted by atomic mass is 16.4. The lowest BCUT2D eigenvalue weighted by Gasteiger charge is -2.53. The number of Topliss-reactive ketones (excluding diaryl/α,β-unsaturated/α-hetero) is 1. The number of hydrogen-bond donors (Lipinski definition) is 5. The van der Waals surface area contributed by atoms with Crippen LogP contribution in [0.3, 0.4) is 0 Å². The second kappa shape index (κ2) is 12.7. The van der Waals surface area contributed by atoms with E-state index in [1.165, 1.54) is 0 Å². The molecule has 4 rings (SSSR count). The minimum absolute atomic E-state index is 0.224. The van der Waals surface area contributed by atoms with E-state index < -0.39 is 35.3 Å². The van der Waals surface area contributed by atoms with Crippen LogP contribution in [0.5, 0.6) is 0 Å². The zero-order valence-electron chi connectivity index (χ0n) is 22.3. The van der Waals surface area contributed by atoms with Gasteiger partial charge < -0.3 is 25.5 Å². The molecular formula is C34H36O6. The fraction of sp³-hybridized carbons (Fsp3) is 0.265. The maximum Gasteiger partial charge on any atom is 0.172 e. The van der Waals surface area contributed by atoms with Gasteiger partial charge in [0.2, 0.25) is 0 Å². The first-order chi connectivity index (χ1) is 19.2. The van der Waals surface area contributed by atoms with E-state index in [1.807, 2.05) is 6.07 Å². The molecule has 0 unspecified atom stereocenters. The van der Waals surface area contributed by atoms with Crippen molar-refractivity contribution in [3.8, 4) is 0 Å². The molecule has 0 aliphatic carbocycles. The summed E-state index contributed by atoms with van der Waals surface area (Å²) >= 11 is 0. The van der Waals surface area contributed by atoms with Crippen LogP contribution in [0.25, 0.3) is 0 Å². The molecule has 6 heteroatoms. The predicted molar refractivity (Wildman–Crippen MR) is 154 cm³/mol.